The van der Waals surface area contributed by atoms with Crippen LogP contribution in [0.15, 0.2) is 24.5 Å². The molecule has 20 heavy (non-hydrogen) atoms. The molecule has 0 aliphatic heterocycles. The largest absolute Gasteiger partial charge is 0.310 e. The monoisotopic (exact) mass is 292 g/mol. The topological polar surface area (TPSA) is 42.7 Å². The Morgan fingerprint density at radius 3 is 2.75 bits per heavy atom. The zero-order chi connectivity index (χ0) is 14.5. The Bertz CT molecular complexity index is 551. The molecule has 2 aromatic heterocycles. The fourth-order valence-corrected chi connectivity index (χ4v) is 2.74. The Morgan fingerprint density at radius 1 is 1.40 bits per heavy atom. The van der Waals surface area contributed by atoms with Crippen LogP contribution < -0.4 is 5.32 Å². The first-order valence-corrected chi connectivity index (χ1v) is 7.38. The Balaban J connectivity index is 2.27. The lowest BCUT2D eigenvalue weighted by Gasteiger charge is -2.18. The SMILES string of the molecule is CCNC(Cc1c(Cl)c(CC)nn1C)c1cccnc1. The second kappa shape index (κ2) is 6.86. The highest BCUT2D eigenvalue weighted by molar-refractivity contribution is 6.31. The van der Waals surface area contributed by atoms with Gasteiger partial charge in [-0.1, -0.05) is 31.5 Å². The van der Waals surface area contributed by atoms with Gasteiger partial charge in [-0.2, -0.15) is 5.10 Å². The summed E-state index contributed by atoms with van der Waals surface area (Å²) < 4.78 is 1.89. The molecule has 4 nitrogen and oxygen atoms in total. The van der Waals surface area contributed by atoms with Crippen molar-refractivity contribution in [2.75, 3.05) is 6.54 Å². The van der Waals surface area contributed by atoms with E-state index in [1.54, 1.807) is 6.20 Å². The fourth-order valence-electron chi connectivity index (χ4n) is 2.37. The molecule has 5 heteroatoms. The van der Waals surface area contributed by atoms with Gasteiger partial charge in [-0.15, -0.1) is 0 Å². The minimum absolute atomic E-state index is 0.200. The van der Waals surface area contributed by atoms with E-state index in [0.717, 1.165) is 35.8 Å². The summed E-state index contributed by atoms with van der Waals surface area (Å²) in [6.07, 6.45) is 5.35. The zero-order valence-electron chi connectivity index (χ0n) is 12.2. The molecule has 0 aliphatic rings. The van der Waals surface area contributed by atoms with Crippen molar-refractivity contribution in [3.05, 3.63) is 46.5 Å². The molecule has 2 rings (SSSR count). The number of nitrogens with zero attached hydrogens (tertiary/aromatic N) is 3. The van der Waals surface area contributed by atoms with Crippen LogP contribution in [0.5, 0.6) is 0 Å². The molecular weight excluding hydrogens is 272 g/mol. The lowest BCUT2D eigenvalue weighted by atomic mass is 10.0. The van der Waals surface area contributed by atoms with Crippen molar-refractivity contribution in [2.45, 2.75) is 32.7 Å². The minimum Gasteiger partial charge on any atom is -0.310 e. The number of rotatable bonds is 6. The lowest BCUT2D eigenvalue weighted by Crippen LogP contribution is -2.24. The zero-order valence-corrected chi connectivity index (χ0v) is 13.0. The van der Waals surface area contributed by atoms with Gasteiger partial charge in [0.05, 0.1) is 16.4 Å². The van der Waals surface area contributed by atoms with Crippen molar-refractivity contribution in [3.8, 4) is 0 Å². The number of hydrogen-bond acceptors (Lipinski definition) is 3. The van der Waals surface area contributed by atoms with E-state index in [4.69, 9.17) is 11.6 Å². The maximum absolute atomic E-state index is 6.43. The molecular formula is C15H21ClN4. The summed E-state index contributed by atoms with van der Waals surface area (Å²) in [5.74, 6) is 0. The first-order chi connectivity index (χ1) is 9.67. The van der Waals surface area contributed by atoms with E-state index in [0.29, 0.717) is 0 Å². The predicted molar refractivity (Wildman–Crippen MR) is 82.0 cm³/mol. The summed E-state index contributed by atoms with van der Waals surface area (Å²) in [6.45, 7) is 5.07. The number of aromatic nitrogens is 3. The molecule has 108 valence electrons. The molecule has 2 aromatic rings. The number of hydrogen-bond donors (Lipinski definition) is 1. The maximum atomic E-state index is 6.43. The van der Waals surface area contributed by atoms with Crippen LogP contribution in [0.1, 0.15) is 36.8 Å². The summed E-state index contributed by atoms with van der Waals surface area (Å²) in [5.41, 5.74) is 3.20. The quantitative estimate of drug-likeness (QED) is 0.890. The molecule has 0 amide bonds. The lowest BCUT2D eigenvalue weighted by molar-refractivity contribution is 0.527. The first kappa shape index (κ1) is 15.0. The van der Waals surface area contributed by atoms with Gasteiger partial charge < -0.3 is 5.32 Å². The summed E-state index contributed by atoms with van der Waals surface area (Å²) in [4.78, 5) is 4.20. The van der Waals surface area contributed by atoms with E-state index in [1.165, 1.54) is 5.56 Å². The molecule has 0 bridgehead atoms. The fraction of sp³-hybridized carbons (Fsp3) is 0.467. The van der Waals surface area contributed by atoms with Gasteiger partial charge in [-0.25, -0.2) is 0 Å². The Morgan fingerprint density at radius 2 is 2.20 bits per heavy atom. The van der Waals surface area contributed by atoms with E-state index < -0.39 is 0 Å². The van der Waals surface area contributed by atoms with Gasteiger partial charge >= 0.3 is 0 Å². The van der Waals surface area contributed by atoms with Gasteiger partial charge in [0, 0.05) is 31.9 Å². The molecule has 0 spiro atoms. The second-order valence-corrected chi connectivity index (χ2v) is 5.16. The molecule has 0 fully saturated rings. The van der Waals surface area contributed by atoms with Crippen LogP contribution in [-0.4, -0.2) is 21.3 Å². The number of nitrogens with one attached hydrogen (secondary N) is 1. The van der Waals surface area contributed by atoms with Gasteiger partial charge in [0.15, 0.2) is 0 Å². The highest BCUT2D eigenvalue weighted by Gasteiger charge is 2.18. The number of pyridine rings is 1. The third-order valence-corrected chi connectivity index (χ3v) is 3.87. The number of halogens is 1. The summed E-state index contributed by atoms with van der Waals surface area (Å²) >= 11 is 6.43. The van der Waals surface area contributed by atoms with Crippen LogP contribution in [0.2, 0.25) is 5.02 Å². The van der Waals surface area contributed by atoms with Crippen LogP contribution in [-0.2, 0) is 19.9 Å². The third-order valence-electron chi connectivity index (χ3n) is 3.44. The average Bonchev–Trinajstić information content (AvgIpc) is 2.75. The summed E-state index contributed by atoms with van der Waals surface area (Å²) in [6, 6.07) is 4.25. The maximum Gasteiger partial charge on any atom is 0.0850 e. The molecule has 0 aliphatic carbocycles. The van der Waals surface area contributed by atoms with Crippen molar-refractivity contribution < 1.29 is 0 Å². The molecule has 0 radical (unpaired) electrons. The highest BCUT2D eigenvalue weighted by atomic mass is 35.5. The Labute approximate surface area is 125 Å². The normalized spacial score (nSPS) is 12.6. The van der Waals surface area contributed by atoms with Gasteiger partial charge in [-0.3, -0.25) is 9.67 Å². The van der Waals surface area contributed by atoms with Crippen LogP contribution >= 0.6 is 11.6 Å². The van der Waals surface area contributed by atoms with Crippen molar-refractivity contribution in [1.82, 2.24) is 20.1 Å². The molecule has 0 aromatic carbocycles. The number of aryl methyl sites for hydroxylation is 2. The summed E-state index contributed by atoms with van der Waals surface area (Å²) in [7, 11) is 1.95. The highest BCUT2D eigenvalue weighted by Crippen LogP contribution is 2.26. The number of likely N-dealkylation sites (N-methyl/N-ethyl adjacent to an activating group) is 1. The van der Waals surface area contributed by atoms with Gasteiger partial charge in [0.25, 0.3) is 0 Å². The van der Waals surface area contributed by atoms with Gasteiger partial charge in [-0.05, 0) is 24.6 Å². The van der Waals surface area contributed by atoms with Crippen molar-refractivity contribution >= 4 is 11.6 Å². The van der Waals surface area contributed by atoms with Gasteiger partial charge in [0.2, 0.25) is 0 Å². The van der Waals surface area contributed by atoms with Crippen LogP contribution in [0.4, 0.5) is 0 Å². The first-order valence-electron chi connectivity index (χ1n) is 7.00. The second-order valence-electron chi connectivity index (χ2n) is 4.79. The van der Waals surface area contributed by atoms with Crippen LogP contribution in [0.25, 0.3) is 0 Å². The van der Waals surface area contributed by atoms with E-state index in [-0.39, 0.29) is 6.04 Å². The standard InChI is InChI=1S/C15H21ClN4/c1-4-12-15(16)14(20(3)19-12)9-13(18-5-2)11-7-6-8-17-10-11/h6-8,10,13,18H,4-5,9H2,1-3H3. The molecule has 2 heterocycles. The van der Waals surface area contributed by atoms with E-state index >= 15 is 0 Å². The minimum atomic E-state index is 0.200. The Kier molecular flexibility index (Phi) is 5.15. The van der Waals surface area contributed by atoms with E-state index in [1.807, 2.05) is 24.0 Å². The van der Waals surface area contributed by atoms with Gasteiger partial charge in [0.1, 0.15) is 0 Å². The molecule has 1 atom stereocenters. The molecule has 1 N–H and O–H groups in total. The molecule has 0 saturated heterocycles. The Hall–Kier alpha value is -1.39. The molecule has 1 unspecified atom stereocenters. The molecule has 0 saturated carbocycles. The predicted octanol–water partition coefficient (Wildman–Crippen LogP) is 2.92. The third kappa shape index (κ3) is 3.19. The van der Waals surface area contributed by atoms with Crippen molar-refractivity contribution in [2.24, 2.45) is 7.05 Å². The van der Waals surface area contributed by atoms with E-state index in [9.17, 15) is 0 Å². The van der Waals surface area contributed by atoms with Crippen molar-refractivity contribution in [1.29, 1.82) is 0 Å². The smallest absolute Gasteiger partial charge is 0.0850 e. The van der Waals surface area contributed by atoms with E-state index in [2.05, 4.69) is 35.3 Å². The van der Waals surface area contributed by atoms with Crippen molar-refractivity contribution in [3.63, 3.8) is 0 Å². The van der Waals surface area contributed by atoms with Crippen LogP contribution in [0, 0.1) is 0 Å². The average molecular weight is 293 g/mol. The van der Waals surface area contributed by atoms with Crippen LogP contribution in [0.3, 0.4) is 0 Å². The summed E-state index contributed by atoms with van der Waals surface area (Å²) in [5, 5.41) is 8.76.